The lowest BCUT2D eigenvalue weighted by molar-refractivity contribution is -0.118. The molecule has 0 saturated carbocycles. The molecule has 0 aliphatic carbocycles. The third kappa shape index (κ3) is 7.01. The molecule has 1 heterocycles. The van der Waals surface area contributed by atoms with E-state index >= 15 is 0 Å². The molecule has 0 radical (unpaired) electrons. The fourth-order valence-corrected chi connectivity index (χ4v) is 3.73. The van der Waals surface area contributed by atoms with Gasteiger partial charge in [-0.1, -0.05) is 43.2 Å². The molecule has 1 aliphatic rings. The Labute approximate surface area is 168 Å². The molecule has 150 valence electrons. The van der Waals surface area contributed by atoms with Gasteiger partial charge in [0.25, 0.3) is 5.91 Å². The van der Waals surface area contributed by atoms with Crippen LogP contribution in [0.15, 0.2) is 54.6 Å². The number of likely N-dealkylation sites (tertiary alicyclic amines) is 1. The van der Waals surface area contributed by atoms with Crippen molar-refractivity contribution in [2.24, 2.45) is 5.92 Å². The van der Waals surface area contributed by atoms with Crippen molar-refractivity contribution in [1.29, 1.82) is 0 Å². The summed E-state index contributed by atoms with van der Waals surface area (Å²) in [4.78, 5) is 14.4. The van der Waals surface area contributed by atoms with Crippen LogP contribution in [0.25, 0.3) is 0 Å². The monoisotopic (exact) mass is 380 g/mol. The largest absolute Gasteiger partial charge is 0.484 e. The first-order chi connectivity index (χ1) is 13.7. The molecule has 2 aromatic carbocycles. The van der Waals surface area contributed by atoms with Gasteiger partial charge in [-0.05, 0) is 81.6 Å². The number of nitrogens with zero attached hydrogens (tertiary/aromatic N) is 1. The standard InChI is InChI=1S/C24H32N2O2/c1-26-17-15-21(16-18-26)8-6-5-7-20-11-13-22(14-12-20)25-24(27)19-28-23-9-3-2-4-10-23/h2-4,9-14,21H,5-8,15-19H2,1H3,(H,25,27). The van der Waals surface area contributed by atoms with E-state index in [2.05, 4.69) is 29.4 Å². The second kappa shape index (κ2) is 10.9. The molecule has 3 rings (SSSR count). The van der Waals surface area contributed by atoms with Gasteiger partial charge in [-0.2, -0.15) is 0 Å². The zero-order valence-corrected chi connectivity index (χ0v) is 16.9. The maximum atomic E-state index is 12.0. The summed E-state index contributed by atoms with van der Waals surface area (Å²) in [5.74, 6) is 1.48. The first-order valence-electron chi connectivity index (χ1n) is 10.4. The summed E-state index contributed by atoms with van der Waals surface area (Å²) in [5, 5.41) is 2.89. The molecule has 1 amide bonds. The van der Waals surface area contributed by atoms with Crippen molar-refractivity contribution in [2.45, 2.75) is 38.5 Å². The summed E-state index contributed by atoms with van der Waals surface area (Å²) in [7, 11) is 2.22. The van der Waals surface area contributed by atoms with Crippen LogP contribution < -0.4 is 10.1 Å². The van der Waals surface area contributed by atoms with E-state index in [0.717, 1.165) is 18.0 Å². The van der Waals surface area contributed by atoms with Crippen LogP contribution in [0.4, 0.5) is 5.69 Å². The number of aryl methyl sites for hydroxylation is 1. The van der Waals surface area contributed by atoms with Crippen LogP contribution in [0.3, 0.4) is 0 Å². The van der Waals surface area contributed by atoms with Crippen molar-refractivity contribution >= 4 is 11.6 Å². The number of hydrogen-bond acceptors (Lipinski definition) is 3. The number of carbonyl (C=O) groups excluding carboxylic acids is 1. The van der Waals surface area contributed by atoms with E-state index in [1.165, 1.54) is 50.8 Å². The molecule has 0 spiro atoms. The molecule has 0 bridgehead atoms. The molecule has 1 fully saturated rings. The second-order valence-electron chi connectivity index (χ2n) is 7.84. The first kappa shape index (κ1) is 20.4. The number of piperidine rings is 1. The van der Waals surface area contributed by atoms with Crippen molar-refractivity contribution in [3.8, 4) is 5.75 Å². The molecule has 1 aliphatic heterocycles. The summed E-state index contributed by atoms with van der Waals surface area (Å²) < 4.78 is 5.47. The lowest BCUT2D eigenvalue weighted by Gasteiger charge is -2.28. The maximum Gasteiger partial charge on any atom is 0.262 e. The van der Waals surface area contributed by atoms with Crippen molar-refractivity contribution in [1.82, 2.24) is 4.90 Å². The average Bonchev–Trinajstić information content (AvgIpc) is 2.73. The maximum absolute atomic E-state index is 12.0. The number of ether oxygens (including phenoxy) is 1. The number of benzene rings is 2. The average molecular weight is 381 g/mol. The Morgan fingerprint density at radius 1 is 1.04 bits per heavy atom. The Balaban J connectivity index is 1.32. The van der Waals surface area contributed by atoms with Crippen LogP contribution >= 0.6 is 0 Å². The van der Waals surface area contributed by atoms with Gasteiger partial charge in [0.1, 0.15) is 5.75 Å². The number of para-hydroxylation sites is 1. The molecule has 4 nitrogen and oxygen atoms in total. The highest BCUT2D eigenvalue weighted by Crippen LogP contribution is 2.22. The minimum absolute atomic E-state index is 0.0166. The quantitative estimate of drug-likeness (QED) is 0.638. The lowest BCUT2D eigenvalue weighted by atomic mass is 9.91. The van der Waals surface area contributed by atoms with E-state index in [9.17, 15) is 4.79 Å². The highest BCUT2D eigenvalue weighted by Gasteiger charge is 2.15. The molecule has 0 aromatic heterocycles. The predicted molar refractivity (Wildman–Crippen MR) is 115 cm³/mol. The fraction of sp³-hybridized carbons (Fsp3) is 0.458. The molecule has 4 heteroatoms. The van der Waals surface area contributed by atoms with Crippen LogP contribution in [0, 0.1) is 5.92 Å². The lowest BCUT2D eigenvalue weighted by Crippen LogP contribution is -2.30. The molecule has 1 N–H and O–H groups in total. The number of rotatable bonds is 9. The highest BCUT2D eigenvalue weighted by atomic mass is 16.5. The van der Waals surface area contributed by atoms with Gasteiger partial charge >= 0.3 is 0 Å². The van der Waals surface area contributed by atoms with Gasteiger partial charge in [0, 0.05) is 5.69 Å². The van der Waals surface area contributed by atoms with Crippen molar-refractivity contribution < 1.29 is 9.53 Å². The molecular formula is C24H32N2O2. The fourth-order valence-electron chi connectivity index (χ4n) is 3.73. The first-order valence-corrected chi connectivity index (χ1v) is 10.4. The van der Waals surface area contributed by atoms with Crippen molar-refractivity contribution in [2.75, 3.05) is 32.1 Å². The zero-order valence-electron chi connectivity index (χ0n) is 16.9. The molecule has 0 atom stereocenters. The van der Waals surface area contributed by atoms with E-state index in [0.29, 0.717) is 5.75 Å². The van der Waals surface area contributed by atoms with Gasteiger partial charge in [0.2, 0.25) is 0 Å². The Hall–Kier alpha value is -2.33. The summed E-state index contributed by atoms with van der Waals surface area (Å²) in [6, 6.07) is 17.6. The summed E-state index contributed by atoms with van der Waals surface area (Å²) in [6.45, 7) is 2.53. The SMILES string of the molecule is CN1CCC(CCCCc2ccc(NC(=O)COc3ccccc3)cc2)CC1. The number of amides is 1. The van der Waals surface area contributed by atoms with Crippen molar-refractivity contribution in [3.63, 3.8) is 0 Å². The van der Waals surface area contributed by atoms with E-state index in [4.69, 9.17) is 4.74 Å². The normalized spacial score (nSPS) is 15.3. The molecule has 0 unspecified atom stereocenters. The smallest absolute Gasteiger partial charge is 0.262 e. The van der Waals surface area contributed by atoms with Crippen LogP contribution in [0.5, 0.6) is 5.75 Å². The predicted octanol–water partition coefficient (Wildman–Crippen LogP) is 4.76. The van der Waals surface area contributed by atoms with E-state index in [-0.39, 0.29) is 12.5 Å². The Kier molecular flexibility index (Phi) is 7.92. The summed E-state index contributed by atoms with van der Waals surface area (Å²) in [6.07, 6.45) is 7.74. The number of anilines is 1. The van der Waals surface area contributed by atoms with E-state index < -0.39 is 0 Å². The number of nitrogens with one attached hydrogen (secondary N) is 1. The summed E-state index contributed by atoms with van der Waals surface area (Å²) >= 11 is 0. The van der Waals surface area contributed by atoms with Gasteiger partial charge in [-0.15, -0.1) is 0 Å². The number of unbranched alkanes of at least 4 members (excludes halogenated alkanes) is 1. The van der Waals surface area contributed by atoms with Crippen LogP contribution in [0.1, 0.15) is 37.7 Å². The third-order valence-corrected chi connectivity index (χ3v) is 5.52. The molecule has 28 heavy (non-hydrogen) atoms. The Morgan fingerprint density at radius 3 is 2.46 bits per heavy atom. The molecule has 1 saturated heterocycles. The second-order valence-corrected chi connectivity index (χ2v) is 7.84. The van der Waals surface area contributed by atoms with Gasteiger partial charge in [-0.3, -0.25) is 4.79 Å². The van der Waals surface area contributed by atoms with Gasteiger partial charge in [-0.25, -0.2) is 0 Å². The van der Waals surface area contributed by atoms with Gasteiger partial charge in [0.15, 0.2) is 6.61 Å². The minimum Gasteiger partial charge on any atom is -0.484 e. The van der Waals surface area contributed by atoms with Crippen molar-refractivity contribution in [3.05, 3.63) is 60.2 Å². The number of carbonyl (C=O) groups is 1. The zero-order chi connectivity index (χ0) is 19.6. The van der Waals surface area contributed by atoms with E-state index in [1.54, 1.807) is 0 Å². The topological polar surface area (TPSA) is 41.6 Å². The van der Waals surface area contributed by atoms with Gasteiger partial charge < -0.3 is 15.0 Å². The molecular weight excluding hydrogens is 348 g/mol. The Morgan fingerprint density at radius 2 is 1.75 bits per heavy atom. The highest BCUT2D eigenvalue weighted by molar-refractivity contribution is 5.91. The van der Waals surface area contributed by atoms with E-state index in [1.807, 2.05) is 42.5 Å². The van der Waals surface area contributed by atoms with Crippen LogP contribution in [-0.4, -0.2) is 37.6 Å². The van der Waals surface area contributed by atoms with Crippen LogP contribution in [0.2, 0.25) is 0 Å². The van der Waals surface area contributed by atoms with Gasteiger partial charge in [0.05, 0.1) is 0 Å². The minimum atomic E-state index is -0.144. The Bertz CT molecular complexity index is 707. The molecule has 2 aromatic rings. The number of hydrogen-bond donors (Lipinski definition) is 1. The third-order valence-electron chi connectivity index (χ3n) is 5.52. The van der Waals surface area contributed by atoms with Crippen LogP contribution in [-0.2, 0) is 11.2 Å². The summed E-state index contributed by atoms with van der Waals surface area (Å²) in [5.41, 5.74) is 2.15.